The van der Waals surface area contributed by atoms with E-state index in [2.05, 4.69) is 118 Å². The largest absolute Gasteiger partial charge is 0.376 e. The topological polar surface area (TPSA) is 15.3 Å². The number of nitrogens with zero attached hydrogens (tertiary/aromatic N) is 1. The predicted molar refractivity (Wildman–Crippen MR) is 115 cm³/mol. The molecule has 3 rings (SSSR count). The van der Waals surface area contributed by atoms with Gasteiger partial charge in [-0.2, -0.15) is 0 Å². The first-order chi connectivity index (χ1) is 12.4. The fourth-order valence-corrected chi connectivity index (χ4v) is 3.20. The second-order valence-corrected chi connectivity index (χ2v) is 7.91. The molecular formula is C24H28N2. The summed E-state index contributed by atoms with van der Waals surface area (Å²) in [5.74, 6) is 0. The molecule has 0 atom stereocenters. The first-order valence-electron chi connectivity index (χ1n) is 9.09. The summed E-state index contributed by atoms with van der Waals surface area (Å²) in [7, 11) is 4.15. The molecule has 0 aliphatic carbocycles. The average Bonchev–Trinajstić information content (AvgIpc) is 2.62. The van der Waals surface area contributed by atoms with E-state index in [0.717, 1.165) is 11.4 Å². The quantitative estimate of drug-likeness (QED) is 0.584. The molecule has 134 valence electrons. The van der Waals surface area contributed by atoms with Crippen LogP contribution in [-0.2, 0) is 5.41 Å². The van der Waals surface area contributed by atoms with E-state index < -0.39 is 0 Å². The molecule has 0 unspecified atom stereocenters. The number of para-hydroxylation sites is 2. The van der Waals surface area contributed by atoms with Crippen LogP contribution in [0.25, 0.3) is 11.1 Å². The van der Waals surface area contributed by atoms with Crippen molar-refractivity contribution < 1.29 is 0 Å². The van der Waals surface area contributed by atoms with Crippen LogP contribution in [0.4, 0.5) is 17.1 Å². The first-order valence-corrected chi connectivity index (χ1v) is 9.09. The van der Waals surface area contributed by atoms with Crippen molar-refractivity contribution >= 4 is 17.1 Å². The molecule has 0 saturated carbocycles. The van der Waals surface area contributed by atoms with Gasteiger partial charge in [0.2, 0.25) is 0 Å². The van der Waals surface area contributed by atoms with Crippen molar-refractivity contribution in [3.05, 3.63) is 78.4 Å². The van der Waals surface area contributed by atoms with Crippen molar-refractivity contribution in [2.45, 2.75) is 26.2 Å². The van der Waals surface area contributed by atoms with Crippen LogP contribution in [0.2, 0.25) is 0 Å². The molecule has 0 spiro atoms. The van der Waals surface area contributed by atoms with Crippen LogP contribution in [0, 0.1) is 0 Å². The molecule has 0 saturated heterocycles. The molecule has 0 heterocycles. The summed E-state index contributed by atoms with van der Waals surface area (Å²) in [6.45, 7) is 6.79. The first kappa shape index (κ1) is 18.1. The molecule has 0 bridgehead atoms. The zero-order valence-electron chi connectivity index (χ0n) is 16.4. The molecule has 0 aliphatic rings. The third kappa shape index (κ3) is 3.91. The maximum Gasteiger partial charge on any atom is 0.0621 e. The normalized spacial score (nSPS) is 11.3. The Hall–Kier alpha value is -2.74. The second kappa shape index (κ2) is 7.25. The molecule has 0 radical (unpaired) electrons. The predicted octanol–water partition coefficient (Wildman–Crippen LogP) is 6.46. The minimum atomic E-state index is 0.0418. The van der Waals surface area contributed by atoms with Gasteiger partial charge in [-0.15, -0.1) is 0 Å². The summed E-state index contributed by atoms with van der Waals surface area (Å²) < 4.78 is 0. The van der Waals surface area contributed by atoms with Crippen LogP contribution in [0.3, 0.4) is 0 Å². The number of hydrogen-bond acceptors (Lipinski definition) is 2. The third-order valence-corrected chi connectivity index (χ3v) is 4.59. The van der Waals surface area contributed by atoms with Crippen molar-refractivity contribution in [1.29, 1.82) is 0 Å². The third-order valence-electron chi connectivity index (χ3n) is 4.59. The van der Waals surface area contributed by atoms with Gasteiger partial charge >= 0.3 is 0 Å². The van der Waals surface area contributed by atoms with E-state index in [1.54, 1.807) is 0 Å². The van der Waals surface area contributed by atoms with Gasteiger partial charge in [0.1, 0.15) is 0 Å². The molecule has 0 aliphatic heterocycles. The van der Waals surface area contributed by atoms with Gasteiger partial charge in [0.05, 0.1) is 11.4 Å². The van der Waals surface area contributed by atoms with Gasteiger partial charge in [-0.05, 0) is 46.4 Å². The Bertz CT molecular complexity index is 874. The lowest BCUT2D eigenvalue weighted by Gasteiger charge is -2.26. The minimum absolute atomic E-state index is 0.0418. The van der Waals surface area contributed by atoms with Crippen molar-refractivity contribution in [1.82, 2.24) is 0 Å². The van der Waals surface area contributed by atoms with E-state index >= 15 is 0 Å². The molecule has 0 aromatic heterocycles. The molecular weight excluding hydrogens is 316 g/mol. The number of benzene rings is 3. The zero-order valence-corrected chi connectivity index (χ0v) is 16.4. The summed E-state index contributed by atoms with van der Waals surface area (Å²) in [4.78, 5) is 2.14. The smallest absolute Gasteiger partial charge is 0.0621 e. The number of hydrogen-bond donors (Lipinski definition) is 1. The van der Waals surface area contributed by atoms with E-state index in [9.17, 15) is 0 Å². The zero-order chi connectivity index (χ0) is 18.7. The Morgan fingerprint density at radius 3 is 2.00 bits per heavy atom. The molecule has 2 heteroatoms. The van der Waals surface area contributed by atoms with Gasteiger partial charge in [-0.1, -0.05) is 69.3 Å². The summed E-state index contributed by atoms with van der Waals surface area (Å²) in [6.07, 6.45) is 0. The highest BCUT2D eigenvalue weighted by Gasteiger charge is 2.19. The van der Waals surface area contributed by atoms with Crippen LogP contribution < -0.4 is 10.2 Å². The maximum atomic E-state index is 3.67. The van der Waals surface area contributed by atoms with Crippen molar-refractivity contribution in [2.75, 3.05) is 24.3 Å². The van der Waals surface area contributed by atoms with E-state index in [4.69, 9.17) is 0 Å². The minimum Gasteiger partial charge on any atom is -0.376 e. The van der Waals surface area contributed by atoms with Crippen LogP contribution in [0.15, 0.2) is 72.8 Å². The molecule has 0 amide bonds. The molecule has 1 N–H and O–H groups in total. The Kier molecular flexibility index (Phi) is 5.03. The SMILES string of the molecule is CN(C)c1ccccc1Nc1ccc(-c2ccccc2)cc1C(C)(C)C. The molecule has 26 heavy (non-hydrogen) atoms. The summed E-state index contributed by atoms with van der Waals surface area (Å²) in [5.41, 5.74) is 7.31. The average molecular weight is 345 g/mol. The fourth-order valence-electron chi connectivity index (χ4n) is 3.20. The lowest BCUT2D eigenvalue weighted by Crippen LogP contribution is -2.15. The van der Waals surface area contributed by atoms with Gasteiger partial charge < -0.3 is 10.2 Å². The van der Waals surface area contributed by atoms with Crippen LogP contribution in [0.1, 0.15) is 26.3 Å². The monoisotopic (exact) mass is 344 g/mol. The van der Waals surface area contributed by atoms with Gasteiger partial charge in [0.15, 0.2) is 0 Å². The highest BCUT2D eigenvalue weighted by Crippen LogP contribution is 2.36. The summed E-state index contributed by atoms with van der Waals surface area (Å²) in [5, 5.41) is 3.67. The Balaban J connectivity index is 2.05. The Labute approximate surface area is 157 Å². The van der Waals surface area contributed by atoms with Crippen LogP contribution in [0.5, 0.6) is 0 Å². The summed E-state index contributed by atoms with van der Waals surface area (Å²) >= 11 is 0. The highest BCUT2D eigenvalue weighted by molar-refractivity contribution is 5.78. The fraction of sp³-hybridized carbons (Fsp3) is 0.250. The number of anilines is 3. The van der Waals surface area contributed by atoms with Crippen molar-refractivity contribution in [2.24, 2.45) is 0 Å². The number of nitrogens with one attached hydrogen (secondary N) is 1. The van der Waals surface area contributed by atoms with Gasteiger partial charge in [-0.25, -0.2) is 0 Å². The van der Waals surface area contributed by atoms with Gasteiger partial charge in [-0.3, -0.25) is 0 Å². The van der Waals surface area contributed by atoms with E-state index in [1.165, 1.54) is 22.4 Å². The van der Waals surface area contributed by atoms with Crippen LogP contribution in [-0.4, -0.2) is 14.1 Å². The molecule has 3 aromatic carbocycles. The van der Waals surface area contributed by atoms with Gasteiger partial charge in [0, 0.05) is 19.8 Å². The lowest BCUT2D eigenvalue weighted by atomic mass is 9.84. The van der Waals surface area contributed by atoms with Gasteiger partial charge in [0.25, 0.3) is 0 Å². The maximum absolute atomic E-state index is 3.67. The molecule has 3 aromatic rings. The second-order valence-electron chi connectivity index (χ2n) is 7.91. The van der Waals surface area contributed by atoms with E-state index in [1.807, 2.05) is 0 Å². The van der Waals surface area contributed by atoms with E-state index in [0.29, 0.717) is 0 Å². The lowest BCUT2D eigenvalue weighted by molar-refractivity contribution is 0.592. The van der Waals surface area contributed by atoms with Crippen molar-refractivity contribution in [3.8, 4) is 11.1 Å². The Morgan fingerprint density at radius 1 is 0.692 bits per heavy atom. The van der Waals surface area contributed by atoms with Crippen molar-refractivity contribution in [3.63, 3.8) is 0 Å². The number of rotatable bonds is 4. The Morgan fingerprint density at radius 2 is 1.35 bits per heavy atom. The highest BCUT2D eigenvalue weighted by atomic mass is 15.1. The van der Waals surface area contributed by atoms with E-state index in [-0.39, 0.29) is 5.41 Å². The standard InChI is InChI=1S/C24H28N2/c1-24(2,3)20-17-19(18-11-7-6-8-12-18)15-16-21(20)25-22-13-9-10-14-23(22)26(4)5/h6-17,25H,1-5H3. The summed E-state index contributed by atoms with van der Waals surface area (Å²) in [6, 6.07) is 25.7. The molecule has 2 nitrogen and oxygen atoms in total. The van der Waals surface area contributed by atoms with Crippen LogP contribution >= 0.6 is 0 Å². The molecule has 0 fully saturated rings.